The minimum absolute atomic E-state index is 1.07. The molecule has 0 aromatic heterocycles. The van der Waals surface area contributed by atoms with Crippen LogP contribution in [0.3, 0.4) is 0 Å². The van der Waals surface area contributed by atoms with Crippen LogP contribution in [0.15, 0.2) is 291 Å². The summed E-state index contributed by atoms with van der Waals surface area (Å²) in [5.74, 6) is 0. The second kappa shape index (κ2) is 19.2. The van der Waals surface area contributed by atoms with Gasteiger partial charge in [0, 0.05) is 34.1 Å². The van der Waals surface area contributed by atoms with E-state index in [9.17, 15) is 0 Å². The molecule has 0 saturated carbocycles. The Kier molecular flexibility index (Phi) is 11.8. The van der Waals surface area contributed by atoms with E-state index in [4.69, 9.17) is 0 Å². The molecule has 0 saturated heterocycles. The third-order valence-corrected chi connectivity index (χ3v) is 12.7. The van der Waals surface area contributed by atoms with Crippen molar-refractivity contribution in [3.8, 4) is 66.8 Å². The third kappa shape index (κ3) is 9.00. The molecule has 0 amide bonds. The fourth-order valence-electron chi connectivity index (χ4n) is 9.16. The van der Waals surface area contributed by atoms with E-state index in [1.54, 1.807) is 0 Å². The molecule has 0 heterocycles. The highest BCUT2D eigenvalue weighted by atomic mass is 15.1. The monoisotopic (exact) mass is 868 g/mol. The lowest BCUT2D eigenvalue weighted by atomic mass is 9.97. The molecule has 11 rings (SSSR count). The minimum Gasteiger partial charge on any atom is -0.311 e. The topological polar surface area (TPSA) is 6.48 Å². The zero-order chi connectivity index (χ0) is 45.5. The molecular formula is C66H48N2. The van der Waals surface area contributed by atoms with E-state index >= 15 is 0 Å². The summed E-state index contributed by atoms with van der Waals surface area (Å²) in [6, 6.07) is 105. The Hall–Kier alpha value is -8.98. The van der Waals surface area contributed by atoms with Gasteiger partial charge in [-0.05, 0) is 146 Å². The molecule has 0 aliphatic carbocycles. The summed E-state index contributed by atoms with van der Waals surface area (Å²) in [6.07, 6.45) is 0. The largest absolute Gasteiger partial charge is 0.311 e. The number of benzene rings is 11. The van der Waals surface area contributed by atoms with E-state index in [0.29, 0.717) is 0 Å². The van der Waals surface area contributed by atoms with Crippen LogP contribution >= 0.6 is 0 Å². The van der Waals surface area contributed by atoms with Crippen molar-refractivity contribution in [2.45, 2.75) is 0 Å². The van der Waals surface area contributed by atoms with Crippen LogP contribution in [0, 0.1) is 0 Å². The first-order valence-corrected chi connectivity index (χ1v) is 23.2. The first kappa shape index (κ1) is 41.7. The zero-order valence-corrected chi connectivity index (χ0v) is 37.6. The van der Waals surface area contributed by atoms with Crippen LogP contribution in [0.25, 0.3) is 66.8 Å². The molecule has 11 aromatic rings. The predicted molar refractivity (Wildman–Crippen MR) is 288 cm³/mol. The molecule has 0 bridgehead atoms. The molecule has 0 N–H and O–H groups in total. The van der Waals surface area contributed by atoms with E-state index in [1.807, 2.05) is 0 Å². The van der Waals surface area contributed by atoms with Gasteiger partial charge in [0.25, 0.3) is 0 Å². The van der Waals surface area contributed by atoms with Gasteiger partial charge in [-0.25, -0.2) is 0 Å². The van der Waals surface area contributed by atoms with E-state index in [2.05, 4.69) is 301 Å². The summed E-state index contributed by atoms with van der Waals surface area (Å²) in [5, 5.41) is 0. The average molecular weight is 869 g/mol. The summed E-state index contributed by atoms with van der Waals surface area (Å²) < 4.78 is 0. The van der Waals surface area contributed by atoms with Crippen LogP contribution < -0.4 is 9.80 Å². The molecule has 0 spiro atoms. The minimum atomic E-state index is 1.07. The van der Waals surface area contributed by atoms with Crippen molar-refractivity contribution in [2.75, 3.05) is 9.80 Å². The smallest absolute Gasteiger partial charge is 0.0473 e. The molecule has 2 heteroatoms. The molecule has 68 heavy (non-hydrogen) atoms. The second-order valence-corrected chi connectivity index (χ2v) is 17.0. The highest BCUT2D eigenvalue weighted by molar-refractivity contribution is 5.87. The molecule has 0 unspecified atom stereocenters. The third-order valence-electron chi connectivity index (χ3n) is 12.7. The average Bonchev–Trinajstić information content (AvgIpc) is 3.43. The lowest BCUT2D eigenvalue weighted by molar-refractivity contribution is 1.28. The molecule has 0 aliphatic heterocycles. The number of anilines is 6. The number of nitrogens with zero attached hydrogens (tertiary/aromatic N) is 2. The van der Waals surface area contributed by atoms with Crippen molar-refractivity contribution in [3.63, 3.8) is 0 Å². The van der Waals surface area contributed by atoms with Gasteiger partial charge in [0.1, 0.15) is 0 Å². The van der Waals surface area contributed by atoms with Crippen LogP contribution in [0.2, 0.25) is 0 Å². The maximum atomic E-state index is 2.39. The zero-order valence-electron chi connectivity index (χ0n) is 37.6. The van der Waals surface area contributed by atoms with Crippen molar-refractivity contribution < 1.29 is 0 Å². The van der Waals surface area contributed by atoms with E-state index < -0.39 is 0 Å². The van der Waals surface area contributed by atoms with Crippen LogP contribution in [0.5, 0.6) is 0 Å². The Balaban J connectivity index is 0.986. The lowest BCUT2D eigenvalue weighted by Gasteiger charge is -2.28. The summed E-state index contributed by atoms with van der Waals surface area (Å²) in [6.45, 7) is 0. The highest BCUT2D eigenvalue weighted by Gasteiger charge is 2.18. The Bertz CT molecular complexity index is 3230. The fraction of sp³-hybridized carbons (Fsp3) is 0. The lowest BCUT2D eigenvalue weighted by Crippen LogP contribution is -2.10. The van der Waals surface area contributed by atoms with Gasteiger partial charge < -0.3 is 9.80 Å². The maximum Gasteiger partial charge on any atom is 0.0473 e. The van der Waals surface area contributed by atoms with Crippen LogP contribution in [-0.4, -0.2) is 0 Å². The van der Waals surface area contributed by atoms with Crippen LogP contribution in [0.1, 0.15) is 0 Å². The Morgan fingerprint density at radius 1 is 0.132 bits per heavy atom. The van der Waals surface area contributed by atoms with Gasteiger partial charge in [0.05, 0.1) is 0 Å². The molecule has 0 atom stereocenters. The van der Waals surface area contributed by atoms with Crippen molar-refractivity contribution in [1.29, 1.82) is 0 Å². The maximum absolute atomic E-state index is 2.39. The standard InChI is InChI=1S/C66H48N2/c1-6-17-49(18-7-1)54-29-37-61(38-30-54)67(62-39-31-55(32-40-62)50-19-8-2-9-20-50)63-43-35-57(36-44-63)58-27-16-28-65(46-58)68(64-41-33-56(34-42-64)51-21-10-3-11-22-51)66-47-59(52-23-12-4-13-24-52)45-60(48-66)53-25-14-5-15-26-53/h1-48H. The quantitative estimate of drug-likeness (QED) is 0.121. The predicted octanol–water partition coefficient (Wildman–Crippen LogP) is 18.6. The number of hydrogen-bond acceptors (Lipinski definition) is 2. The molecule has 322 valence electrons. The summed E-state index contributed by atoms with van der Waals surface area (Å²) >= 11 is 0. The van der Waals surface area contributed by atoms with Crippen molar-refractivity contribution in [2.24, 2.45) is 0 Å². The van der Waals surface area contributed by atoms with Crippen LogP contribution in [0.4, 0.5) is 34.1 Å². The van der Waals surface area contributed by atoms with E-state index in [1.165, 1.54) is 44.5 Å². The number of rotatable bonds is 12. The Morgan fingerprint density at radius 2 is 0.368 bits per heavy atom. The summed E-state index contributed by atoms with van der Waals surface area (Å²) in [5.41, 5.74) is 20.6. The molecule has 2 nitrogen and oxygen atoms in total. The van der Waals surface area contributed by atoms with Gasteiger partial charge in [-0.2, -0.15) is 0 Å². The summed E-state index contributed by atoms with van der Waals surface area (Å²) in [7, 11) is 0. The van der Waals surface area contributed by atoms with E-state index in [-0.39, 0.29) is 0 Å². The number of hydrogen-bond donors (Lipinski definition) is 0. The molecule has 11 aromatic carbocycles. The Labute approximate surface area is 400 Å². The normalized spacial score (nSPS) is 10.9. The second-order valence-electron chi connectivity index (χ2n) is 17.0. The van der Waals surface area contributed by atoms with Crippen LogP contribution in [-0.2, 0) is 0 Å². The van der Waals surface area contributed by atoms with Gasteiger partial charge in [-0.3, -0.25) is 0 Å². The van der Waals surface area contributed by atoms with Gasteiger partial charge in [0.15, 0.2) is 0 Å². The van der Waals surface area contributed by atoms with Gasteiger partial charge in [-0.1, -0.05) is 212 Å². The van der Waals surface area contributed by atoms with E-state index in [0.717, 1.165) is 56.4 Å². The highest BCUT2D eigenvalue weighted by Crippen LogP contribution is 2.43. The van der Waals surface area contributed by atoms with Crippen molar-refractivity contribution in [3.05, 3.63) is 291 Å². The van der Waals surface area contributed by atoms with Gasteiger partial charge in [0.2, 0.25) is 0 Å². The molecule has 0 radical (unpaired) electrons. The first-order chi connectivity index (χ1) is 33.7. The molecule has 0 fully saturated rings. The molecule has 0 aliphatic rings. The SMILES string of the molecule is c1ccc(-c2ccc(N(c3ccc(-c4ccccc4)cc3)c3ccc(-c4cccc(N(c5ccc(-c6ccccc6)cc5)c5cc(-c6ccccc6)cc(-c6ccccc6)c5)c4)cc3)cc2)cc1. The molecular weight excluding hydrogens is 821 g/mol. The van der Waals surface area contributed by atoms with Crippen molar-refractivity contribution >= 4 is 34.1 Å². The summed E-state index contributed by atoms with van der Waals surface area (Å²) in [4.78, 5) is 4.74. The fourth-order valence-corrected chi connectivity index (χ4v) is 9.16. The first-order valence-electron chi connectivity index (χ1n) is 23.2. The van der Waals surface area contributed by atoms with Crippen molar-refractivity contribution in [1.82, 2.24) is 0 Å². The Morgan fingerprint density at radius 3 is 0.691 bits per heavy atom. The van der Waals surface area contributed by atoms with Gasteiger partial charge >= 0.3 is 0 Å². The van der Waals surface area contributed by atoms with Gasteiger partial charge in [-0.15, -0.1) is 0 Å².